The highest BCUT2D eigenvalue weighted by molar-refractivity contribution is 5.62. The van der Waals surface area contributed by atoms with Crippen molar-refractivity contribution in [2.24, 2.45) is 0 Å². The minimum atomic E-state index is -4.45. The molecule has 0 aliphatic rings. The number of para-hydroxylation sites is 1. The molecule has 0 amide bonds. The second kappa shape index (κ2) is 7.65. The molecule has 4 nitrogen and oxygen atoms in total. The molecule has 3 rings (SSSR count). The molecule has 0 aliphatic carbocycles. The van der Waals surface area contributed by atoms with Crippen molar-refractivity contribution in [2.45, 2.75) is 26.6 Å². The van der Waals surface area contributed by atoms with E-state index in [0.717, 1.165) is 17.2 Å². The van der Waals surface area contributed by atoms with Crippen molar-refractivity contribution in [1.82, 2.24) is 9.97 Å². The molecule has 140 valence electrons. The van der Waals surface area contributed by atoms with E-state index in [2.05, 4.69) is 20.6 Å². The Hall–Kier alpha value is -3.09. The van der Waals surface area contributed by atoms with Gasteiger partial charge in [0.25, 0.3) is 0 Å². The zero-order chi connectivity index (χ0) is 19.4. The number of rotatable bonds is 5. The van der Waals surface area contributed by atoms with Gasteiger partial charge in [-0.15, -0.1) is 0 Å². The van der Waals surface area contributed by atoms with E-state index in [-0.39, 0.29) is 5.69 Å². The van der Waals surface area contributed by atoms with Crippen molar-refractivity contribution in [3.8, 4) is 0 Å². The highest BCUT2D eigenvalue weighted by atomic mass is 19.4. The van der Waals surface area contributed by atoms with Crippen LogP contribution in [-0.4, -0.2) is 9.97 Å². The molecule has 1 aromatic heterocycles. The second-order valence-corrected chi connectivity index (χ2v) is 6.17. The summed E-state index contributed by atoms with van der Waals surface area (Å²) in [6.07, 6.45) is -4.45. The minimum Gasteiger partial charge on any atom is -0.350 e. The van der Waals surface area contributed by atoms with Gasteiger partial charge in [-0.05, 0) is 37.1 Å². The van der Waals surface area contributed by atoms with Gasteiger partial charge in [-0.2, -0.15) is 18.2 Å². The van der Waals surface area contributed by atoms with Crippen molar-refractivity contribution in [1.29, 1.82) is 0 Å². The zero-order valence-corrected chi connectivity index (χ0v) is 14.9. The number of alkyl halides is 3. The topological polar surface area (TPSA) is 49.8 Å². The standard InChI is InChI=1S/C20H19F3N4/c1-13-7-3-4-8-15(13)12-24-19-25-14(2)11-18(27-19)26-17-10-6-5-9-16(17)20(21,22)23/h3-11H,12H2,1-2H3,(H2,24,25,26,27). The molecule has 0 saturated heterocycles. The molecule has 7 heteroatoms. The number of hydrogen-bond acceptors (Lipinski definition) is 4. The average Bonchev–Trinajstić information content (AvgIpc) is 2.60. The average molecular weight is 372 g/mol. The van der Waals surface area contributed by atoms with E-state index in [4.69, 9.17) is 0 Å². The van der Waals surface area contributed by atoms with Crippen LogP contribution in [0.2, 0.25) is 0 Å². The molecule has 27 heavy (non-hydrogen) atoms. The molecular weight excluding hydrogens is 353 g/mol. The molecule has 2 N–H and O–H groups in total. The van der Waals surface area contributed by atoms with E-state index < -0.39 is 11.7 Å². The Morgan fingerprint density at radius 2 is 1.63 bits per heavy atom. The monoisotopic (exact) mass is 372 g/mol. The molecule has 3 aromatic rings. The van der Waals surface area contributed by atoms with Crippen LogP contribution < -0.4 is 10.6 Å². The van der Waals surface area contributed by atoms with Gasteiger partial charge in [-0.25, -0.2) is 4.98 Å². The van der Waals surface area contributed by atoms with Crippen molar-refractivity contribution < 1.29 is 13.2 Å². The highest BCUT2D eigenvalue weighted by Gasteiger charge is 2.33. The summed E-state index contributed by atoms with van der Waals surface area (Å²) in [5, 5.41) is 5.89. The first kappa shape index (κ1) is 18.7. The molecule has 1 heterocycles. The fraction of sp³-hybridized carbons (Fsp3) is 0.200. The Balaban J connectivity index is 1.81. The van der Waals surface area contributed by atoms with Gasteiger partial charge in [-0.3, -0.25) is 0 Å². The molecule has 0 aliphatic heterocycles. The van der Waals surface area contributed by atoms with Crippen LogP contribution in [0.4, 0.5) is 30.6 Å². The number of benzene rings is 2. The SMILES string of the molecule is Cc1cc(Nc2ccccc2C(F)(F)F)nc(NCc2ccccc2C)n1. The number of halogens is 3. The summed E-state index contributed by atoms with van der Waals surface area (Å²) in [7, 11) is 0. The first-order valence-corrected chi connectivity index (χ1v) is 8.40. The maximum Gasteiger partial charge on any atom is 0.418 e. The quantitative estimate of drug-likeness (QED) is 0.624. The number of aryl methyl sites for hydroxylation is 2. The zero-order valence-electron chi connectivity index (χ0n) is 14.9. The van der Waals surface area contributed by atoms with Gasteiger partial charge in [-0.1, -0.05) is 36.4 Å². The molecule has 0 fully saturated rings. The molecule has 0 saturated carbocycles. The van der Waals surface area contributed by atoms with Gasteiger partial charge < -0.3 is 10.6 Å². The fourth-order valence-electron chi connectivity index (χ4n) is 2.67. The number of nitrogens with one attached hydrogen (secondary N) is 2. The molecule has 0 radical (unpaired) electrons. The lowest BCUT2D eigenvalue weighted by molar-refractivity contribution is -0.136. The van der Waals surface area contributed by atoms with Crippen LogP contribution in [-0.2, 0) is 12.7 Å². The van der Waals surface area contributed by atoms with Crippen molar-refractivity contribution in [2.75, 3.05) is 10.6 Å². The number of aromatic nitrogens is 2. The molecule has 0 bridgehead atoms. The Labute approximate surface area is 155 Å². The summed E-state index contributed by atoms with van der Waals surface area (Å²) < 4.78 is 39.5. The number of hydrogen-bond donors (Lipinski definition) is 2. The van der Waals surface area contributed by atoms with Gasteiger partial charge in [0, 0.05) is 18.3 Å². The Morgan fingerprint density at radius 1 is 0.926 bits per heavy atom. The lowest BCUT2D eigenvalue weighted by atomic mass is 10.1. The van der Waals surface area contributed by atoms with E-state index in [0.29, 0.717) is 24.0 Å². The summed E-state index contributed by atoms with van der Waals surface area (Å²) in [6, 6.07) is 14.8. The summed E-state index contributed by atoms with van der Waals surface area (Å²) >= 11 is 0. The predicted molar refractivity (Wildman–Crippen MR) is 100 cm³/mol. The van der Waals surface area contributed by atoms with E-state index in [1.54, 1.807) is 19.1 Å². The predicted octanol–water partition coefficient (Wildman–Crippen LogP) is 5.47. The van der Waals surface area contributed by atoms with Crippen LogP contribution in [0.3, 0.4) is 0 Å². The maximum absolute atomic E-state index is 13.2. The van der Waals surface area contributed by atoms with Gasteiger partial charge in [0.05, 0.1) is 11.3 Å². The summed E-state index contributed by atoms with van der Waals surface area (Å²) in [5.74, 6) is 0.650. The van der Waals surface area contributed by atoms with E-state index >= 15 is 0 Å². The van der Waals surface area contributed by atoms with E-state index in [1.165, 1.54) is 12.1 Å². The number of nitrogens with zero attached hydrogens (tertiary/aromatic N) is 2. The minimum absolute atomic E-state index is 0.0482. The van der Waals surface area contributed by atoms with Crippen LogP contribution in [0.5, 0.6) is 0 Å². The molecule has 0 unspecified atom stereocenters. The van der Waals surface area contributed by atoms with E-state index in [1.807, 2.05) is 31.2 Å². The third-order valence-corrected chi connectivity index (χ3v) is 4.05. The summed E-state index contributed by atoms with van der Waals surface area (Å²) in [4.78, 5) is 8.60. The lowest BCUT2D eigenvalue weighted by Crippen LogP contribution is -2.10. The molecule has 2 aromatic carbocycles. The highest BCUT2D eigenvalue weighted by Crippen LogP contribution is 2.35. The first-order chi connectivity index (χ1) is 12.8. The molecular formula is C20H19F3N4. The smallest absolute Gasteiger partial charge is 0.350 e. The van der Waals surface area contributed by atoms with Crippen molar-refractivity contribution in [3.05, 3.63) is 77.0 Å². The van der Waals surface area contributed by atoms with Crippen LogP contribution in [0, 0.1) is 13.8 Å². The Kier molecular flexibility index (Phi) is 5.30. The van der Waals surface area contributed by atoms with Gasteiger partial charge in [0.15, 0.2) is 0 Å². The van der Waals surface area contributed by atoms with Crippen LogP contribution in [0.1, 0.15) is 22.4 Å². The van der Waals surface area contributed by atoms with Gasteiger partial charge >= 0.3 is 6.18 Å². The first-order valence-electron chi connectivity index (χ1n) is 8.40. The third-order valence-electron chi connectivity index (χ3n) is 4.05. The molecule has 0 atom stereocenters. The molecule has 0 spiro atoms. The van der Waals surface area contributed by atoms with E-state index in [9.17, 15) is 13.2 Å². The summed E-state index contributed by atoms with van der Waals surface area (Å²) in [5.41, 5.74) is 2.09. The lowest BCUT2D eigenvalue weighted by Gasteiger charge is -2.15. The Bertz CT molecular complexity index is 939. The Morgan fingerprint density at radius 3 is 2.37 bits per heavy atom. The third kappa shape index (κ3) is 4.75. The number of anilines is 3. The van der Waals surface area contributed by atoms with Crippen LogP contribution in [0.25, 0.3) is 0 Å². The van der Waals surface area contributed by atoms with Crippen LogP contribution >= 0.6 is 0 Å². The van der Waals surface area contributed by atoms with Crippen molar-refractivity contribution in [3.63, 3.8) is 0 Å². The fourth-order valence-corrected chi connectivity index (χ4v) is 2.67. The van der Waals surface area contributed by atoms with Crippen molar-refractivity contribution >= 4 is 17.5 Å². The maximum atomic E-state index is 13.2. The second-order valence-electron chi connectivity index (χ2n) is 6.17. The normalized spacial score (nSPS) is 11.3. The van der Waals surface area contributed by atoms with Gasteiger partial charge in [0.2, 0.25) is 5.95 Å². The van der Waals surface area contributed by atoms with Crippen LogP contribution in [0.15, 0.2) is 54.6 Å². The summed E-state index contributed by atoms with van der Waals surface area (Å²) in [6.45, 7) is 4.30. The van der Waals surface area contributed by atoms with Gasteiger partial charge in [0.1, 0.15) is 5.82 Å². The largest absolute Gasteiger partial charge is 0.418 e.